The molecule has 242 valence electrons. The number of unbranched alkanes of at least 4 members (excludes halogenated alkanes) is 18. The highest BCUT2D eigenvalue weighted by atomic mass is 14.8. The molecule has 0 amide bonds. The molecule has 0 fully saturated rings. The fraction of sp³-hybridized carbons (Fsp3) is 0.619. The lowest BCUT2D eigenvalue weighted by Gasteiger charge is -2.11. The van der Waals surface area contributed by atoms with Crippen LogP contribution in [0.25, 0.3) is 0 Å². The van der Waals surface area contributed by atoms with E-state index in [1.807, 2.05) is 0 Å². The lowest BCUT2D eigenvalue weighted by molar-refractivity contribution is 0.545. The predicted octanol–water partition coefficient (Wildman–Crippen LogP) is 13.9. The van der Waals surface area contributed by atoms with Crippen LogP contribution in [0, 0.1) is 11.8 Å². The van der Waals surface area contributed by atoms with E-state index in [1.54, 1.807) is 0 Å². The maximum Gasteiger partial charge on any atom is 0.0634 e. The number of benzene rings is 2. The van der Waals surface area contributed by atoms with Gasteiger partial charge in [-0.25, -0.2) is 0 Å². The van der Waals surface area contributed by atoms with E-state index in [2.05, 4.69) is 87.2 Å². The number of hydrogen-bond acceptors (Lipinski definition) is 2. The van der Waals surface area contributed by atoms with Gasteiger partial charge in [-0.05, 0) is 68.5 Å². The van der Waals surface area contributed by atoms with Gasteiger partial charge < -0.3 is 0 Å². The Morgan fingerprint density at radius 3 is 1.41 bits per heavy atom. The van der Waals surface area contributed by atoms with Crippen LogP contribution in [-0.4, -0.2) is 11.4 Å². The van der Waals surface area contributed by atoms with Crippen LogP contribution in [0.3, 0.4) is 0 Å². The third kappa shape index (κ3) is 18.9. The Kier molecular flexibility index (Phi) is 22.8. The molecule has 44 heavy (non-hydrogen) atoms. The number of hydrogen-bond donors (Lipinski definition) is 0. The molecule has 2 heteroatoms. The third-order valence-corrected chi connectivity index (χ3v) is 8.41. The van der Waals surface area contributed by atoms with Gasteiger partial charge >= 0.3 is 0 Å². The summed E-state index contributed by atoms with van der Waals surface area (Å²) in [7, 11) is 0. The average Bonchev–Trinajstić information content (AvgIpc) is 3.05. The van der Waals surface area contributed by atoms with Gasteiger partial charge in [-0.15, -0.1) is 0 Å². The molecule has 0 aliphatic carbocycles. The SMILES string of the molecule is CCCCCCCCCCCCCCC#Cc1ccc(N=C(CCCCCCCC)C(CCCC)=Nc2ccccc2)cc1. The summed E-state index contributed by atoms with van der Waals surface area (Å²) < 4.78 is 0. The van der Waals surface area contributed by atoms with Gasteiger partial charge in [-0.3, -0.25) is 9.98 Å². The highest BCUT2D eigenvalue weighted by molar-refractivity contribution is 6.43. The van der Waals surface area contributed by atoms with E-state index in [1.165, 1.54) is 116 Å². The van der Waals surface area contributed by atoms with Gasteiger partial charge in [0.25, 0.3) is 0 Å². The summed E-state index contributed by atoms with van der Waals surface area (Å²) in [5.41, 5.74) is 5.42. The van der Waals surface area contributed by atoms with Gasteiger partial charge in [0.05, 0.1) is 22.8 Å². The molecule has 0 aromatic heterocycles. The Bertz CT molecular complexity index is 1070. The van der Waals surface area contributed by atoms with Crippen molar-refractivity contribution in [3.63, 3.8) is 0 Å². The minimum atomic E-state index is 0.975. The van der Waals surface area contributed by atoms with Gasteiger partial charge in [-0.2, -0.15) is 0 Å². The molecule has 0 N–H and O–H groups in total. The van der Waals surface area contributed by atoms with Gasteiger partial charge in [0, 0.05) is 12.0 Å². The zero-order valence-electron chi connectivity index (χ0n) is 28.9. The first kappa shape index (κ1) is 37.5. The largest absolute Gasteiger partial charge is 0.252 e. The summed E-state index contributed by atoms with van der Waals surface area (Å²) in [5, 5.41) is 0. The monoisotopic (exact) mass is 597 g/mol. The first-order chi connectivity index (χ1) is 21.8. The number of para-hydroxylation sites is 1. The topological polar surface area (TPSA) is 24.7 Å². The van der Waals surface area contributed by atoms with E-state index in [-0.39, 0.29) is 0 Å². The van der Waals surface area contributed by atoms with Crippen molar-refractivity contribution >= 4 is 22.8 Å². The van der Waals surface area contributed by atoms with E-state index >= 15 is 0 Å². The first-order valence-corrected chi connectivity index (χ1v) is 18.6. The highest BCUT2D eigenvalue weighted by Crippen LogP contribution is 2.20. The van der Waals surface area contributed by atoms with Gasteiger partial charge in [0.15, 0.2) is 0 Å². The number of aliphatic imine (C=N–C) groups is 2. The minimum absolute atomic E-state index is 0.975. The van der Waals surface area contributed by atoms with E-state index in [9.17, 15) is 0 Å². The fourth-order valence-electron chi connectivity index (χ4n) is 5.60. The summed E-state index contributed by atoms with van der Waals surface area (Å²) in [6.07, 6.45) is 29.6. The highest BCUT2D eigenvalue weighted by Gasteiger charge is 2.11. The summed E-state index contributed by atoms with van der Waals surface area (Å²) in [5.74, 6) is 6.79. The Hall–Kier alpha value is -2.66. The summed E-state index contributed by atoms with van der Waals surface area (Å²) in [6.45, 7) is 6.82. The molecule has 0 spiro atoms. The number of nitrogens with zero attached hydrogens (tertiary/aromatic N) is 2. The smallest absolute Gasteiger partial charge is 0.0634 e. The maximum absolute atomic E-state index is 5.19. The van der Waals surface area contributed by atoms with Crippen LogP contribution >= 0.6 is 0 Å². The maximum atomic E-state index is 5.19. The second kappa shape index (κ2) is 26.7. The standard InChI is InChI=1S/C42H64N2/c1-4-7-10-12-14-15-16-17-18-19-20-21-22-25-29-38-34-36-40(37-35-38)44-42(33-28-23-13-11-8-5-2)41(32-9-6-3)43-39-30-26-24-27-31-39/h24,26-27,30-31,34-37H,4-23,28,32-33H2,1-3H3. The van der Waals surface area contributed by atoms with Crippen molar-refractivity contribution in [1.82, 2.24) is 0 Å². The molecule has 0 heterocycles. The first-order valence-electron chi connectivity index (χ1n) is 18.6. The minimum Gasteiger partial charge on any atom is -0.252 e. The summed E-state index contributed by atoms with van der Waals surface area (Å²) in [6, 6.07) is 18.9. The van der Waals surface area contributed by atoms with Gasteiger partial charge in [0.1, 0.15) is 0 Å². The molecule has 0 saturated heterocycles. The molecule has 0 atom stereocenters. The molecule has 2 nitrogen and oxygen atoms in total. The number of rotatable bonds is 25. The fourth-order valence-corrected chi connectivity index (χ4v) is 5.60. The molecule has 2 aromatic carbocycles. The molecule has 0 aliphatic rings. The van der Waals surface area contributed by atoms with Crippen molar-refractivity contribution in [3.8, 4) is 11.8 Å². The Morgan fingerprint density at radius 2 is 0.886 bits per heavy atom. The van der Waals surface area contributed by atoms with Crippen molar-refractivity contribution in [3.05, 3.63) is 60.2 Å². The zero-order valence-corrected chi connectivity index (χ0v) is 28.9. The molecule has 2 rings (SSSR count). The quantitative estimate of drug-likeness (QED) is 0.0619. The second-order valence-electron chi connectivity index (χ2n) is 12.6. The second-order valence-corrected chi connectivity index (χ2v) is 12.6. The Morgan fingerprint density at radius 1 is 0.455 bits per heavy atom. The van der Waals surface area contributed by atoms with Crippen molar-refractivity contribution in [2.75, 3.05) is 0 Å². The molecule has 0 saturated carbocycles. The molecule has 0 radical (unpaired) electrons. The average molecular weight is 597 g/mol. The van der Waals surface area contributed by atoms with Crippen LogP contribution in [0.1, 0.15) is 174 Å². The van der Waals surface area contributed by atoms with Crippen LogP contribution in [0.4, 0.5) is 11.4 Å². The van der Waals surface area contributed by atoms with Gasteiger partial charge in [-0.1, -0.05) is 160 Å². The normalized spacial score (nSPS) is 11.9. The molecule has 2 aromatic rings. The molecular weight excluding hydrogens is 532 g/mol. The van der Waals surface area contributed by atoms with Crippen LogP contribution in [-0.2, 0) is 0 Å². The Labute approximate surface area is 272 Å². The molecule has 0 aliphatic heterocycles. The summed E-state index contributed by atoms with van der Waals surface area (Å²) in [4.78, 5) is 10.3. The van der Waals surface area contributed by atoms with E-state index in [0.29, 0.717) is 0 Å². The van der Waals surface area contributed by atoms with Crippen LogP contribution < -0.4 is 0 Å². The van der Waals surface area contributed by atoms with Crippen LogP contribution in [0.15, 0.2) is 64.6 Å². The molecular formula is C42H64N2. The lowest BCUT2D eigenvalue weighted by atomic mass is 10.0. The zero-order chi connectivity index (χ0) is 31.3. The lowest BCUT2D eigenvalue weighted by Crippen LogP contribution is -2.14. The van der Waals surface area contributed by atoms with Crippen molar-refractivity contribution < 1.29 is 0 Å². The van der Waals surface area contributed by atoms with Crippen molar-refractivity contribution in [2.45, 2.75) is 168 Å². The van der Waals surface area contributed by atoms with E-state index in [0.717, 1.165) is 60.5 Å². The summed E-state index contributed by atoms with van der Waals surface area (Å²) >= 11 is 0. The molecule has 0 bridgehead atoms. The molecule has 0 unspecified atom stereocenters. The van der Waals surface area contributed by atoms with Crippen LogP contribution in [0.2, 0.25) is 0 Å². The van der Waals surface area contributed by atoms with Crippen molar-refractivity contribution in [2.24, 2.45) is 9.98 Å². The van der Waals surface area contributed by atoms with E-state index < -0.39 is 0 Å². The van der Waals surface area contributed by atoms with Gasteiger partial charge in [0.2, 0.25) is 0 Å². The van der Waals surface area contributed by atoms with Crippen LogP contribution in [0.5, 0.6) is 0 Å². The van der Waals surface area contributed by atoms with Crippen molar-refractivity contribution in [1.29, 1.82) is 0 Å². The Balaban J connectivity index is 1.89. The predicted molar refractivity (Wildman–Crippen MR) is 197 cm³/mol. The van der Waals surface area contributed by atoms with E-state index in [4.69, 9.17) is 9.98 Å². The third-order valence-electron chi connectivity index (χ3n) is 8.41.